The number of hydrogen-bond acceptors (Lipinski definition) is 2. The van der Waals surface area contributed by atoms with Gasteiger partial charge in [-0.3, -0.25) is 4.90 Å². The molecule has 2 rings (SSSR count). The van der Waals surface area contributed by atoms with Crippen LogP contribution in [0.1, 0.15) is 49.3 Å². The van der Waals surface area contributed by atoms with Crippen molar-refractivity contribution in [2.24, 2.45) is 0 Å². The smallest absolute Gasteiger partial charge is 0.0110 e. The van der Waals surface area contributed by atoms with Crippen LogP contribution in [0.4, 0.5) is 0 Å². The van der Waals surface area contributed by atoms with Crippen LogP contribution in [-0.2, 0) is 6.42 Å². The maximum atomic E-state index is 4.25. The van der Waals surface area contributed by atoms with Crippen molar-refractivity contribution in [3.63, 3.8) is 0 Å². The molecule has 2 nitrogen and oxygen atoms in total. The van der Waals surface area contributed by atoms with Gasteiger partial charge in [-0.15, -0.1) is 0 Å². The van der Waals surface area contributed by atoms with Crippen molar-refractivity contribution >= 4 is 5.57 Å². The van der Waals surface area contributed by atoms with Gasteiger partial charge < -0.3 is 5.32 Å². The van der Waals surface area contributed by atoms with Crippen molar-refractivity contribution < 1.29 is 0 Å². The zero-order valence-corrected chi connectivity index (χ0v) is 14.6. The summed E-state index contributed by atoms with van der Waals surface area (Å²) in [6, 6.07) is 7.71. The molecule has 0 atom stereocenters. The summed E-state index contributed by atoms with van der Waals surface area (Å²) in [7, 11) is 2.04. The summed E-state index contributed by atoms with van der Waals surface area (Å²) in [5, 5.41) is 3.27. The lowest BCUT2D eigenvalue weighted by molar-refractivity contribution is 0.262. The van der Waals surface area contributed by atoms with Crippen LogP contribution in [0.5, 0.6) is 0 Å². The van der Waals surface area contributed by atoms with Gasteiger partial charge in [-0.1, -0.05) is 37.3 Å². The molecule has 0 heterocycles. The predicted molar refractivity (Wildman–Crippen MR) is 97.3 cm³/mol. The summed E-state index contributed by atoms with van der Waals surface area (Å²) in [5.41, 5.74) is 5.47. The van der Waals surface area contributed by atoms with Crippen LogP contribution in [0.15, 0.2) is 24.8 Å². The molecule has 0 aromatic heterocycles. The molecule has 1 aliphatic carbocycles. The molecular weight excluding hydrogens is 268 g/mol. The highest BCUT2D eigenvalue weighted by atomic mass is 15.2. The second kappa shape index (κ2) is 8.50. The Kier molecular flexibility index (Phi) is 6.66. The molecule has 2 heteroatoms. The third-order valence-corrected chi connectivity index (χ3v) is 4.68. The van der Waals surface area contributed by atoms with Crippen LogP contribution in [0, 0.1) is 6.92 Å². The number of nitrogens with one attached hydrogen (secondary N) is 1. The quantitative estimate of drug-likeness (QED) is 0.701. The van der Waals surface area contributed by atoms with Gasteiger partial charge in [0.25, 0.3) is 0 Å². The fraction of sp³-hybridized carbons (Fsp3) is 0.600. The first kappa shape index (κ1) is 17.2. The van der Waals surface area contributed by atoms with E-state index in [9.17, 15) is 0 Å². The van der Waals surface area contributed by atoms with Crippen LogP contribution in [0.2, 0.25) is 0 Å². The first-order valence-corrected chi connectivity index (χ1v) is 8.82. The maximum absolute atomic E-state index is 4.25. The first-order chi connectivity index (χ1) is 10.7. The van der Waals surface area contributed by atoms with Gasteiger partial charge in [0.15, 0.2) is 0 Å². The Morgan fingerprint density at radius 1 is 1.32 bits per heavy atom. The molecule has 1 aliphatic rings. The molecule has 0 unspecified atom stereocenters. The van der Waals surface area contributed by atoms with E-state index >= 15 is 0 Å². The van der Waals surface area contributed by atoms with Crippen molar-refractivity contribution in [1.29, 1.82) is 0 Å². The SMILES string of the molecule is C=C(CC)c1cc(C)ccc1CCCN(CCNC)C1CC1. The van der Waals surface area contributed by atoms with Gasteiger partial charge in [0.05, 0.1) is 0 Å². The van der Waals surface area contributed by atoms with Crippen molar-refractivity contribution in [2.45, 2.75) is 52.0 Å². The second-order valence-electron chi connectivity index (χ2n) is 6.59. The van der Waals surface area contributed by atoms with Crippen molar-refractivity contribution in [1.82, 2.24) is 10.2 Å². The number of benzene rings is 1. The second-order valence-corrected chi connectivity index (χ2v) is 6.59. The standard InChI is InChI=1S/C20H32N2/c1-5-17(3)20-15-16(2)8-9-18(20)7-6-13-22(14-12-21-4)19-10-11-19/h8-9,15,19,21H,3,5-7,10-14H2,1-2,4H3. The Hall–Kier alpha value is -1.12. The number of likely N-dealkylation sites (N-methyl/N-ethyl adjacent to an activating group) is 1. The van der Waals surface area contributed by atoms with E-state index in [0.29, 0.717) is 0 Å². The zero-order chi connectivity index (χ0) is 15.9. The number of rotatable bonds is 10. The third kappa shape index (κ3) is 4.96. The minimum Gasteiger partial charge on any atom is -0.318 e. The van der Waals surface area contributed by atoms with Gasteiger partial charge in [0.2, 0.25) is 0 Å². The molecule has 122 valence electrons. The molecule has 0 radical (unpaired) electrons. The average molecular weight is 300 g/mol. The Labute approximate surface area is 136 Å². The van der Waals surface area contributed by atoms with E-state index < -0.39 is 0 Å². The van der Waals surface area contributed by atoms with Crippen LogP contribution in [-0.4, -0.2) is 37.6 Å². The van der Waals surface area contributed by atoms with Crippen LogP contribution >= 0.6 is 0 Å². The average Bonchev–Trinajstić information content (AvgIpc) is 3.35. The number of allylic oxidation sites excluding steroid dienone is 1. The van der Waals surface area contributed by atoms with Gasteiger partial charge in [-0.25, -0.2) is 0 Å². The number of aryl methyl sites for hydroxylation is 2. The van der Waals surface area contributed by atoms with Gasteiger partial charge >= 0.3 is 0 Å². The summed E-state index contributed by atoms with van der Waals surface area (Å²) in [6.07, 6.45) is 6.23. The van der Waals surface area contributed by atoms with Crippen molar-refractivity contribution in [3.8, 4) is 0 Å². The highest BCUT2D eigenvalue weighted by Gasteiger charge is 2.27. The van der Waals surface area contributed by atoms with Crippen LogP contribution < -0.4 is 5.32 Å². The summed E-state index contributed by atoms with van der Waals surface area (Å²) < 4.78 is 0. The van der Waals surface area contributed by atoms with Gasteiger partial charge in [-0.05, 0) is 69.3 Å². The maximum Gasteiger partial charge on any atom is 0.0110 e. The normalized spacial score (nSPS) is 14.5. The Bertz CT molecular complexity index is 488. The molecule has 0 spiro atoms. The fourth-order valence-electron chi connectivity index (χ4n) is 3.07. The molecule has 22 heavy (non-hydrogen) atoms. The molecule has 0 amide bonds. The summed E-state index contributed by atoms with van der Waals surface area (Å²) >= 11 is 0. The topological polar surface area (TPSA) is 15.3 Å². The van der Waals surface area contributed by atoms with E-state index in [1.165, 1.54) is 54.6 Å². The molecule has 1 fully saturated rings. The molecule has 1 aromatic rings. The lowest BCUT2D eigenvalue weighted by atomic mass is 9.94. The Morgan fingerprint density at radius 3 is 2.73 bits per heavy atom. The molecule has 0 saturated heterocycles. The molecule has 0 bridgehead atoms. The molecular formula is C20H32N2. The highest BCUT2D eigenvalue weighted by molar-refractivity contribution is 5.66. The van der Waals surface area contributed by atoms with Crippen LogP contribution in [0.25, 0.3) is 5.57 Å². The van der Waals surface area contributed by atoms with E-state index in [0.717, 1.165) is 25.4 Å². The third-order valence-electron chi connectivity index (χ3n) is 4.68. The predicted octanol–water partition coefficient (Wildman–Crippen LogP) is 4.03. The zero-order valence-electron chi connectivity index (χ0n) is 14.6. The largest absolute Gasteiger partial charge is 0.318 e. The lowest BCUT2D eigenvalue weighted by Crippen LogP contribution is -2.33. The van der Waals surface area contributed by atoms with E-state index in [1.54, 1.807) is 0 Å². The van der Waals surface area contributed by atoms with E-state index in [4.69, 9.17) is 0 Å². The van der Waals surface area contributed by atoms with Crippen molar-refractivity contribution in [2.75, 3.05) is 26.7 Å². The van der Waals surface area contributed by atoms with Gasteiger partial charge in [-0.2, -0.15) is 0 Å². The fourth-order valence-corrected chi connectivity index (χ4v) is 3.07. The summed E-state index contributed by atoms with van der Waals surface area (Å²) in [5.74, 6) is 0. The van der Waals surface area contributed by atoms with Gasteiger partial charge in [0.1, 0.15) is 0 Å². The molecule has 0 aliphatic heterocycles. The van der Waals surface area contributed by atoms with Crippen molar-refractivity contribution in [3.05, 3.63) is 41.5 Å². The Morgan fingerprint density at radius 2 is 2.09 bits per heavy atom. The minimum absolute atomic E-state index is 0.858. The molecule has 1 N–H and O–H groups in total. The summed E-state index contributed by atoms with van der Waals surface area (Å²) in [6.45, 7) is 12.1. The van der Waals surface area contributed by atoms with E-state index in [2.05, 4.69) is 48.8 Å². The number of nitrogens with zero attached hydrogens (tertiary/aromatic N) is 1. The summed E-state index contributed by atoms with van der Waals surface area (Å²) in [4.78, 5) is 2.67. The lowest BCUT2D eigenvalue weighted by Gasteiger charge is -2.22. The Balaban J connectivity index is 1.91. The van der Waals surface area contributed by atoms with Crippen LogP contribution in [0.3, 0.4) is 0 Å². The van der Waals surface area contributed by atoms with Gasteiger partial charge in [0, 0.05) is 19.1 Å². The minimum atomic E-state index is 0.858. The molecule has 1 saturated carbocycles. The number of hydrogen-bond donors (Lipinski definition) is 1. The monoisotopic (exact) mass is 300 g/mol. The van der Waals surface area contributed by atoms with E-state index in [-0.39, 0.29) is 0 Å². The highest BCUT2D eigenvalue weighted by Crippen LogP contribution is 2.27. The first-order valence-electron chi connectivity index (χ1n) is 8.82. The molecule has 1 aromatic carbocycles. The van der Waals surface area contributed by atoms with E-state index in [1.807, 2.05) is 7.05 Å².